The van der Waals surface area contributed by atoms with Gasteiger partial charge in [-0.3, -0.25) is 4.79 Å². The highest BCUT2D eigenvalue weighted by molar-refractivity contribution is 5.71. The van der Waals surface area contributed by atoms with Gasteiger partial charge in [-0.25, -0.2) is 0 Å². The molecule has 4 nitrogen and oxygen atoms in total. The standard InChI is InChI=1S/C12H17NO3/c1-8(13)11(12(14)15)7-9-3-5-10(16-2)6-4-9/h3-6,8,11H,7,13H2,1-2H3,(H,14,15). The van der Waals surface area contributed by atoms with E-state index in [4.69, 9.17) is 15.6 Å². The van der Waals surface area contributed by atoms with E-state index in [9.17, 15) is 4.79 Å². The fraction of sp³-hybridized carbons (Fsp3) is 0.417. The summed E-state index contributed by atoms with van der Waals surface area (Å²) in [4.78, 5) is 11.0. The zero-order valence-corrected chi connectivity index (χ0v) is 9.51. The fourth-order valence-corrected chi connectivity index (χ4v) is 1.51. The Morgan fingerprint density at radius 1 is 1.44 bits per heavy atom. The number of rotatable bonds is 5. The number of methoxy groups -OCH3 is 1. The van der Waals surface area contributed by atoms with Crippen molar-refractivity contribution in [3.63, 3.8) is 0 Å². The minimum Gasteiger partial charge on any atom is -0.497 e. The van der Waals surface area contributed by atoms with Crippen molar-refractivity contribution in [3.8, 4) is 5.75 Å². The van der Waals surface area contributed by atoms with Crippen LogP contribution in [0.5, 0.6) is 5.75 Å². The summed E-state index contributed by atoms with van der Waals surface area (Å²) in [7, 11) is 1.59. The molecule has 88 valence electrons. The Balaban J connectivity index is 2.74. The van der Waals surface area contributed by atoms with E-state index in [1.165, 1.54) is 0 Å². The van der Waals surface area contributed by atoms with E-state index in [0.29, 0.717) is 6.42 Å². The summed E-state index contributed by atoms with van der Waals surface area (Å²) >= 11 is 0. The number of nitrogens with two attached hydrogens (primary N) is 1. The van der Waals surface area contributed by atoms with E-state index in [1.54, 1.807) is 14.0 Å². The minimum absolute atomic E-state index is 0.361. The molecule has 1 aromatic carbocycles. The Morgan fingerprint density at radius 3 is 2.38 bits per heavy atom. The molecule has 0 aliphatic rings. The molecule has 1 aromatic rings. The first-order valence-corrected chi connectivity index (χ1v) is 5.16. The number of ether oxygens (including phenoxy) is 1. The van der Waals surface area contributed by atoms with Crippen LogP contribution in [0.3, 0.4) is 0 Å². The molecule has 0 fully saturated rings. The molecular formula is C12H17NO3. The Labute approximate surface area is 95.0 Å². The lowest BCUT2D eigenvalue weighted by Crippen LogP contribution is -2.34. The SMILES string of the molecule is COc1ccc(CC(C(=O)O)C(C)N)cc1. The smallest absolute Gasteiger partial charge is 0.308 e. The van der Waals surface area contributed by atoms with Crippen molar-refractivity contribution >= 4 is 5.97 Å². The molecular weight excluding hydrogens is 206 g/mol. The van der Waals surface area contributed by atoms with E-state index >= 15 is 0 Å². The van der Waals surface area contributed by atoms with Gasteiger partial charge in [-0.15, -0.1) is 0 Å². The van der Waals surface area contributed by atoms with Crippen LogP contribution in [0.15, 0.2) is 24.3 Å². The van der Waals surface area contributed by atoms with Crippen LogP contribution in [0, 0.1) is 5.92 Å². The largest absolute Gasteiger partial charge is 0.497 e. The summed E-state index contributed by atoms with van der Waals surface area (Å²) in [5, 5.41) is 9.00. The summed E-state index contributed by atoms with van der Waals surface area (Å²) in [5.41, 5.74) is 6.59. The second kappa shape index (κ2) is 5.51. The molecule has 0 aliphatic carbocycles. The van der Waals surface area contributed by atoms with Crippen LogP contribution in [0.25, 0.3) is 0 Å². The quantitative estimate of drug-likeness (QED) is 0.788. The molecule has 0 radical (unpaired) electrons. The Hall–Kier alpha value is -1.55. The summed E-state index contributed by atoms with van der Waals surface area (Å²) < 4.78 is 5.03. The molecule has 0 heterocycles. The molecule has 0 amide bonds. The second-order valence-corrected chi connectivity index (χ2v) is 3.86. The topological polar surface area (TPSA) is 72.5 Å². The highest BCUT2D eigenvalue weighted by atomic mass is 16.5. The van der Waals surface area contributed by atoms with E-state index in [-0.39, 0.29) is 6.04 Å². The lowest BCUT2D eigenvalue weighted by atomic mass is 9.94. The summed E-state index contributed by atoms with van der Waals surface area (Å²) in [5.74, 6) is -0.643. The van der Waals surface area contributed by atoms with Gasteiger partial charge in [0.25, 0.3) is 0 Å². The maximum atomic E-state index is 11.0. The highest BCUT2D eigenvalue weighted by Crippen LogP contribution is 2.16. The van der Waals surface area contributed by atoms with Gasteiger partial charge >= 0.3 is 5.97 Å². The van der Waals surface area contributed by atoms with Crippen molar-refractivity contribution in [2.45, 2.75) is 19.4 Å². The minimum atomic E-state index is -0.856. The van der Waals surface area contributed by atoms with Gasteiger partial charge in [0.05, 0.1) is 13.0 Å². The van der Waals surface area contributed by atoms with E-state index in [0.717, 1.165) is 11.3 Å². The first-order chi connectivity index (χ1) is 7.54. The summed E-state index contributed by atoms with van der Waals surface area (Å²) in [6.07, 6.45) is 0.441. The maximum Gasteiger partial charge on any atom is 0.308 e. The van der Waals surface area contributed by atoms with Crippen molar-refractivity contribution in [2.75, 3.05) is 7.11 Å². The van der Waals surface area contributed by atoms with Gasteiger partial charge in [0.1, 0.15) is 5.75 Å². The maximum absolute atomic E-state index is 11.0. The monoisotopic (exact) mass is 223 g/mol. The lowest BCUT2D eigenvalue weighted by molar-refractivity contribution is -0.142. The molecule has 1 rings (SSSR count). The predicted molar refractivity (Wildman–Crippen MR) is 61.5 cm³/mol. The van der Waals surface area contributed by atoms with Crippen LogP contribution in [-0.4, -0.2) is 24.2 Å². The molecule has 0 spiro atoms. The van der Waals surface area contributed by atoms with Crippen molar-refractivity contribution < 1.29 is 14.6 Å². The normalized spacial score (nSPS) is 14.2. The van der Waals surface area contributed by atoms with Gasteiger partial charge in [-0.05, 0) is 31.0 Å². The van der Waals surface area contributed by atoms with E-state index < -0.39 is 11.9 Å². The molecule has 4 heteroatoms. The molecule has 16 heavy (non-hydrogen) atoms. The number of aliphatic carboxylic acids is 1. The first-order valence-electron chi connectivity index (χ1n) is 5.16. The van der Waals surface area contributed by atoms with Crippen LogP contribution in [0.2, 0.25) is 0 Å². The van der Waals surface area contributed by atoms with Crippen LogP contribution in [0.4, 0.5) is 0 Å². The van der Waals surface area contributed by atoms with Crippen LogP contribution >= 0.6 is 0 Å². The lowest BCUT2D eigenvalue weighted by Gasteiger charge is -2.16. The Kier molecular flexibility index (Phi) is 4.31. The molecule has 0 saturated carbocycles. The third kappa shape index (κ3) is 3.24. The molecule has 2 atom stereocenters. The average molecular weight is 223 g/mol. The van der Waals surface area contributed by atoms with Crippen molar-refractivity contribution in [1.82, 2.24) is 0 Å². The van der Waals surface area contributed by atoms with Gasteiger partial charge in [-0.2, -0.15) is 0 Å². The number of hydrogen-bond donors (Lipinski definition) is 2. The summed E-state index contributed by atoms with van der Waals surface area (Å²) in [6.45, 7) is 1.71. The van der Waals surface area contributed by atoms with Gasteiger partial charge in [0.2, 0.25) is 0 Å². The average Bonchev–Trinajstić information content (AvgIpc) is 2.25. The zero-order chi connectivity index (χ0) is 12.1. The van der Waals surface area contributed by atoms with Crippen LogP contribution in [0.1, 0.15) is 12.5 Å². The van der Waals surface area contributed by atoms with Crippen molar-refractivity contribution in [2.24, 2.45) is 11.7 Å². The molecule has 0 aromatic heterocycles. The Bertz CT molecular complexity index is 346. The molecule has 2 unspecified atom stereocenters. The Morgan fingerprint density at radius 2 is 2.00 bits per heavy atom. The van der Waals surface area contributed by atoms with Crippen LogP contribution < -0.4 is 10.5 Å². The van der Waals surface area contributed by atoms with Gasteiger partial charge in [0.15, 0.2) is 0 Å². The van der Waals surface area contributed by atoms with Crippen LogP contribution in [-0.2, 0) is 11.2 Å². The fourth-order valence-electron chi connectivity index (χ4n) is 1.51. The first kappa shape index (κ1) is 12.5. The zero-order valence-electron chi connectivity index (χ0n) is 9.51. The van der Waals surface area contributed by atoms with E-state index in [1.807, 2.05) is 24.3 Å². The highest BCUT2D eigenvalue weighted by Gasteiger charge is 2.21. The molecule has 0 aliphatic heterocycles. The van der Waals surface area contributed by atoms with E-state index in [2.05, 4.69) is 0 Å². The van der Waals surface area contributed by atoms with Crippen molar-refractivity contribution in [1.29, 1.82) is 0 Å². The third-order valence-electron chi connectivity index (χ3n) is 2.57. The number of carboxylic acids is 1. The number of hydrogen-bond acceptors (Lipinski definition) is 3. The molecule has 3 N–H and O–H groups in total. The number of carboxylic acid groups (broad SMARTS) is 1. The predicted octanol–water partition coefficient (Wildman–Crippen LogP) is 1.29. The van der Waals surface area contributed by atoms with Crippen molar-refractivity contribution in [3.05, 3.63) is 29.8 Å². The van der Waals surface area contributed by atoms with Gasteiger partial charge in [-0.1, -0.05) is 12.1 Å². The molecule has 0 saturated heterocycles. The van der Waals surface area contributed by atoms with Gasteiger partial charge in [0, 0.05) is 6.04 Å². The number of carbonyl (C=O) groups is 1. The number of benzene rings is 1. The molecule has 0 bridgehead atoms. The van der Waals surface area contributed by atoms with Gasteiger partial charge < -0.3 is 15.6 Å². The summed E-state index contributed by atoms with van der Waals surface area (Å²) in [6, 6.07) is 6.98. The third-order valence-corrected chi connectivity index (χ3v) is 2.57. The second-order valence-electron chi connectivity index (χ2n) is 3.86.